The third-order valence-electron chi connectivity index (χ3n) is 23.3. The van der Waals surface area contributed by atoms with Crippen LogP contribution < -0.4 is 9.80 Å². The summed E-state index contributed by atoms with van der Waals surface area (Å²) >= 11 is 0. The summed E-state index contributed by atoms with van der Waals surface area (Å²) in [6, 6.07) is 104. The smallest absolute Gasteiger partial charge is 0.0626 e. The number of benzene rings is 15. The first kappa shape index (κ1) is 61.2. The van der Waals surface area contributed by atoms with Crippen LogP contribution in [0.3, 0.4) is 0 Å². The summed E-state index contributed by atoms with van der Waals surface area (Å²) < 4.78 is 93.8. The van der Waals surface area contributed by atoms with E-state index in [4.69, 9.17) is 2.74 Å². The Hall–Kier alpha value is -12.6. The van der Waals surface area contributed by atoms with Crippen molar-refractivity contribution < 1.29 is 13.7 Å². The second-order valence-corrected chi connectivity index (χ2v) is 30.0. The SMILES string of the molecule is [2H]c1c([2H])c([2H])c(C2(Cc3ccc(C=C)cc3)c3ccccc3-c3ccc(N(c4ccc(-c5ccccc5)cc4)c4ccc(-c5cc(CCCCCC)c(-c6ccc(N(c7ccc(-c8ccccc8)cc7)c7ccc8c(c7)C(Cc7ccc(C=C)cc7)(c7c([2H])c([2H])c([2H])c([2H])c7[2H])c7ccccc7-8)cc6)cc5CCCCCC)cc4)cc32)c([2H])c1[2H]. The van der Waals surface area contributed by atoms with Gasteiger partial charge in [-0.2, -0.15) is 0 Å². The maximum Gasteiger partial charge on any atom is 0.0626 e. The molecular weight excluding hydrogens is 1350 g/mol. The van der Waals surface area contributed by atoms with Crippen molar-refractivity contribution in [3.8, 4) is 66.8 Å². The van der Waals surface area contributed by atoms with Crippen molar-refractivity contribution in [3.05, 3.63) is 444 Å². The van der Waals surface area contributed by atoms with Gasteiger partial charge in [-0.1, -0.05) is 369 Å². The molecule has 2 aliphatic rings. The Morgan fingerprint density at radius 1 is 0.286 bits per heavy atom. The van der Waals surface area contributed by atoms with Gasteiger partial charge in [0.1, 0.15) is 0 Å². The number of fused-ring (bicyclic) bond motifs is 6. The summed E-state index contributed by atoms with van der Waals surface area (Å²) in [5, 5.41) is 0. The highest BCUT2D eigenvalue weighted by atomic mass is 15.1. The van der Waals surface area contributed by atoms with Gasteiger partial charge in [-0.25, -0.2) is 0 Å². The minimum atomic E-state index is -1.24. The molecule has 112 heavy (non-hydrogen) atoms. The molecule has 2 unspecified atom stereocenters. The van der Waals surface area contributed by atoms with Crippen LogP contribution in [0.2, 0.25) is 0 Å². The second kappa shape index (κ2) is 32.5. The zero-order chi connectivity index (χ0) is 84.5. The molecule has 0 amide bonds. The molecule has 0 spiro atoms. The van der Waals surface area contributed by atoms with E-state index in [-0.39, 0.29) is 59.5 Å². The molecule has 0 aliphatic heterocycles. The number of unbranched alkanes of at least 4 members (excludes halogenated alkanes) is 6. The van der Waals surface area contributed by atoms with Crippen molar-refractivity contribution in [2.45, 2.75) is 102 Å². The van der Waals surface area contributed by atoms with E-state index in [0.717, 1.165) is 198 Å². The van der Waals surface area contributed by atoms with Crippen LogP contribution in [0.5, 0.6) is 0 Å². The van der Waals surface area contributed by atoms with Gasteiger partial charge in [0, 0.05) is 34.1 Å². The van der Waals surface area contributed by atoms with Crippen molar-refractivity contribution in [1.82, 2.24) is 0 Å². The molecule has 0 heterocycles. The predicted molar refractivity (Wildman–Crippen MR) is 477 cm³/mol. The molecule has 0 saturated carbocycles. The van der Waals surface area contributed by atoms with Gasteiger partial charge in [0.25, 0.3) is 0 Å². The molecule has 2 nitrogen and oxygen atoms in total. The summed E-state index contributed by atoms with van der Waals surface area (Å²) in [5.41, 5.74) is 25.9. The van der Waals surface area contributed by atoms with Crippen LogP contribution >= 0.6 is 0 Å². The minimum absolute atomic E-state index is 0.231. The lowest BCUT2D eigenvalue weighted by atomic mass is 9.68. The normalized spacial score (nSPS) is 15.6. The monoisotopic (exact) mass is 1450 g/mol. The Kier molecular flexibility index (Phi) is 17.8. The molecule has 0 N–H and O–H groups in total. The summed E-state index contributed by atoms with van der Waals surface area (Å²) in [6.07, 6.45) is 14.7. The van der Waals surface area contributed by atoms with Crippen molar-refractivity contribution in [2.75, 3.05) is 9.80 Å². The summed E-state index contributed by atoms with van der Waals surface area (Å²) in [4.78, 5) is 4.58. The zero-order valence-electron chi connectivity index (χ0n) is 73.8. The van der Waals surface area contributed by atoms with Crippen molar-refractivity contribution in [1.29, 1.82) is 0 Å². The van der Waals surface area contributed by atoms with Gasteiger partial charge in [-0.3, -0.25) is 0 Å². The molecular formula is C110H96N2. The Labute approximate surface area is 678 Å². The lowest BCUT2D eigenvalue weighted by Crippen LogP contribution is -2.30. The predicted octanol–water partition coefficient (Wildman–Crippen LogP) is 29.9. The van der Waals surface area contributed by atoms with Gasteiger partial charge in [0.15, 0.2) is 0 Å². The van der Waals surface area contributed by atoms with E-state index >= 15 is 0 Å². The molecule has 2 aliphatic carbocycles. The number of hydrogen-bond acceptors (Lipinski definition) is 2. The van der Waals surface area contributed by atoms with E-state index in [9.17, 15) is 11.0 Å². The van der Waals surface area contributed by atoms with Crippen LogP contribution in [0.15, 0.2) is 377 Å². The second-order valence-electron chi connectivity index (χ2n) is 30.0. The molecule has 0 fully saturated rings. The Balaban J connectivity index is 0.801. The van der Waals surface area contributed by atoms with Crippen molar-refractivity contribution in [3.63, 3.8) is 0 Å². The molecule has 0 bridgehead atoms. The van der Waals surface area contributed by atoms with E-state index in [1.165, 1.54) is 22.3 Å². The first-order valence-corrected chi connectivity index (χ1v) is 39.8. The third-order valence-corrected chi connectivity index (χ3v) is 23.3. The van der Waals surface area contributed by atoms with Gasteiger partial charge in [-0.15, -0.1) is 0 Å². The molecule has 0 radical (unpaired) electrons. The molecule has 0 saturated heterocycles. The fourth-order valence-corrected chi connectivity index (χ4v) is 17.6. The molecule has 0 aromatic heterocycles. The van der Waals surface area contributed by atoms with Gasteiger partial charge in [-0.05, 0) is 245 Å². The van der Waals surface area contributed by atoms with Crippen LogP contribution in [0.1, 0.15) is 146 Å². The largest absolute Gasteiger partial charge is 0.310 e. The number of aryl methyl sites for hydroxylation is 2. The first-order valence-electron chi connectivity index (χ1n) is 44.8. The number of hydrogen-bond donors (Lipinski definition) is 0. The molecule has 15 aromatic rings. The van der Waals surface area contributed by atoms with Crippen LogP contribution in [0, 0.1) is 0 Å². The topological polar surface area (TPSA) is 6.48 Å². The molecule has 546 valence electrons. The third kappa shape index (κ3) is 14.1. The maximum absolute atomic E-state index is 9.81. The number of rotatable bonds is 28. The number of anilines is 6. The fourth-order valence-electron chi connectivity index (χ4n) is 17.6. The van der Waals surface area contributed by atoms with E-state index < -0.39 is 22.9 Å². The average molecular weight is 1460 g/mol. The quantitative estimate of drug-likeness (QED) is 0.0451. The molecule has 2 atom stereocenters. The highest BCUT2D eigenvalue weighted by molar-refractivity contribution is 5.91. The van der Waals surface area contributed by atoms with Crippen LogP contribution in [0.4, 0.5) is 34.1 Å². The minimum Gasteiger partial charge on any atom is -0.310 e. The average Bonchev–Trinajstić information content (AvgIpc) is 1.53. The van der Waals surface area contributed by atoms with Crippen LogP contribution in [-0.2, 0) is 36.5 Å². The van der Waals surface area contributed by atoms with Crippen LogP contribution in [-0.4, -0.2) is 0 Å². The lowest BCUT2D eigenvalue weighted by molar-refractivity contribution is 0.629. The van der Waals surface area contributed by atoms with Crippen LogP contribution in [0.25, 0.3) is 78.9 Å². The zero-order valence-corrected chi connectivity index (χ0v) is 63.8. The van der Waals surface area contributed by atoms with E-state index in [1.807, 2.05) is 72.8 Å². The van der Waals surface area contributed by atoms with Crippen molar-refractivity contribution >= 4 is 46.3 Å². The maximum atomic E-state index is 9.81. The van der Waals surface area contributed by atoms with Gasteiger partial charge < -0.3 is 9.80 Å². The highest BCUT2D eigenvalue weighted by Gasteiger charge is 2.47. The Bertz CT molecular complexity index is 5980. The fraction of sp³-hybridized carbons (Fsp3) is 0.145. The molecule has 17 rings (SSSR count). The van der Waals surface area contributed by atoms with E-state index in [1.54, 1.807) is 0 Å². The van der Waals surface area contributed by atoms with Gasteiger partial charge in [0.2, 0.25) is 0 Å². The Morgan fingerprint density at radius 3 is 0.964 bits per heavy atom. The van der Waals surface area contributed by atoms with Crippen molar-refractivity contribution in [2.24, 2.45) is 0 Å². The summed E-state index contributed by atoms with van der Waals surface area (Å²) in [7, 11) is 0. The molecule has 2 heteroatoms. The highest BCUT2D eigenvalue weighted by Crippen LogP contribution is 2.58. The van der Waals surface area contributed by atoms with E-state index in [2.05, 4.69) is 279 Å². The molecule has 15 aromatic carbocycles. The number of nitrogens with zero attached hydrogens (tertiary/aromatic N) is 2. The first-order chi connectivity index (χ1) is 59.5. The van der Waals surface area contributed by atoms with E-state index in [0.29, 0.717) is 12.8 Å². The van der Waals surface area contributed by atoms with Gasteiger partial charge in [0.05, 0.1) is 24.5 Å². The standard InChI is InChI=1S/C110H96N2/c1-5-9-11-17-35-89-73-104(88-59-67-96(68-60-88)112(94-63-55-86(56-64-94)84-33-21-14-22-34-84)98-70-72-102-100-42-28-30-44-106(100)110(108(102)76-98,92-39-25-16-26-40-92)78-82-51-47-80(8-4)48-52-82)90(36-18-12-10-6-2)74-103(89)87-57-65-95(66-58-87)111(93-61-53-85(54-62-93)83-31-19-13-20-32-83)97-69-71-101-99-41-27-29-43-105(99)109(107(101)75-97,91-37-23-15-24-38-91)77-81-49-45-79(7-3)46-50-81/h7-8,13-16,19-34,37-76H,3-6,9-12,17-18,35-36,77-78H2,1-2H3/i15D,16D,23D,24D,25D,26D,37D,38D,39D,40D. The Morgan fingerprint density at radius 2 is 0.607 bits per heavy atom. The summed E-state index contributed by atoms with van der Waals surface area (Å²) in [5.74, 6) is 0. The van der Waals surface area contributed by atoms with Gasteiger partial charge >= 0.3 is 0 Å². The summed E-state index contributed by atoms with van der Waals surface area (Å²) in [6.45, 7) is 12.6. The lowest BCUT2D eigenvalue weighted by Gasteiger charge is -2.34.